The molecular weight excluding hydrogens is 184 g/mol. The highest BCUT2D eigenvalue weighted by atomic mass is 16.4. The molecule has 0 amide bonds. The summed E-state index contributed by atoms with van der Waals surface area (Å²) in [6.45, 7) is 1.48. The molecule has 0 spiro atoms. The van der Waals surface area contributed by atoms with Crippen LogP contribution >= 0.6 is 0 Å². The highest BCUT2D eigenvalue weighted by molar-refractivity contribution is 5.84. The van der Waals surface area contributed by atoms with Crippen LogP contribution in [0.15, 0.2) is 6.20 Å². The molecule has 1 fully saturated rings. The number of carboxylic acids is 1. The predicted molar refractivity (Wildman–Crippen MR) is 48.0 cm³/mol. The summed E-state index contributed by atoms with van der Waals surface area (Å²) in [6.07, 6.45) is 3.94. The standard InChI is InChI=1S/C8H12N4O2/c13-8(14)7-5-12(11-10-7)4-3-9-6-1-2-6/h5-6,9H,1-4H2,(H,13,14). The molecule has 1 aliphatic carbocycles. The van der Waals surface area contributed by atoms with Gasteiger partial charge in [0.15, 0.2) is 5.69 Å². The molecule has 0 aliphatic heterocycles. The molecule has 0 aromatic carbocycles. The summed E-state index contributed by atoms with van der Waals surface area (Å²) in [5.74, 6) is -1.04. The van der Waals surface area contributed by atoms with Crippen LogP contribution in [0.5, 0.6) is 0 Å². The number of rotatable bonds is 5. The average Bonchev–Trinajstić information content (AvgIpc) is 2.82. The average molecular weight is 196 g/mol. The molecule has 0 unspecified atom stereocenters. The Kier molecular flexibility index (Phi) is 2.45. The number of hydrogen-bond acceptors (Lipinski definition) is 4. The molecule has 0 radical (unpaired) electrons. The van der Waals surface area contributed by atoms with E-state index in [4.69, 9.17) is 5.11 Å². The van der Waals surface area contributed by atoms with Crippen molar-refractivity contribution in [3.8, 4) is 0 Å². The van der Waals surface area contributed by atoms with Gasteiger partial charge < -0.3 is 10.4 Å². The predicted octanol–water partition coefficient (Wildman–Crippen LogP) is -0.272. The van der Waals surface area contributed by atoms with Crippen molar-refractivity contribution in [3.63, 3.8) is 0 Å². The Morgan fingerprint density at radius 2 is 2.50 bits per heavy atom. The number of carbonyl (C=O) groups is 1. The second kappa shape index (κ2) is 3.75. The van der Waals surface area contributed by atoms with Crippen LogP contribution in [0.2, 0.25) is 0 Å². The zero-order valence-electron chi connectivity index (χ0n) is 7.68. The van der Waals surface area contributed by atoms with Crippen LogP contribution < -0.4 is 5.32 Å². The second-order valence-electron chi connectivity index (χ2n) is 3.40. The number of aromatic nitrogens is 3. The summed E-state index contributed by atoms with van der Waals surface area (Å²) >= 11 is 0. The van der Waals surface area contributed by atoms with E-state index >= 15 is 0 Å². The summed E-state index contributed by atoms with van der Waals surface area (Å²) in [5.41, 5.74) is -0.00331. The van der Waals surface area contributed by atoms with Gasteiger partial charge >= 0.3 is 5.97 Å². The van der Waals surface area contributed by atoms with Crippen molar-refractivity contribution >= 4 is 5.97 Å². The maximum Gasteiger partial charge on any atom is 0.358 e. The van der Waals surface area contributed by atoms with Crippen molar-refractivity contribution in [3.05, 3.63) is 11.9 Å². The van der Waals surface area contributed by atoms with Crippen molar-refractivity contribution < 1.29 is 9.90 Å². The smallest absolute Gasteiger partial charge is 0.358 e. The third kappa shape index (κ3) is 2.29. The molecule has 6 heteroatoms. The van der Waals surface area contributed by atoms with Crippen LogP contribution in [0.4, 0.5) is 0 Å². The number of hydrogen-bond donors (Lipinski definition) is 2. The monoisotopic (exact) mass is 196 g/mol. The fourth-order valence-electron chi connectivity index (χ4n) is 1.18. The van der Waals surface area contributed by atoms with E-state index in [-0.39, 0.29) is 5.69 Å². The van der Waals surface area contributed by atoms with Gasteiger partial charge in [0.1, 0.15) is 0 Å². The molecule has 14 heavy (non-hydrogen) atoms. The topological polar surface area (TPSA) is 80.0 Å². The van der Waals surface area contributed by atoms with E-state index in [1.54, 1.807) is 4.68 Å². The number of nitrogens with zero attached hydrogens (tertiary/aromatic N) is 3. The molecule has 1 aliphatic rings. The van der Waals surface area contributed by atoms with Gasteiger partial charge in [-0.05, 0) is 12.8 Å². The van der Waals surface area contributed by atoms with E-state index in [0.717, 1.165) is 6.54 Å². The third-order valence-electron chi connectivity index (χ3n) is 2.11. The Bertz CT molecular complexity index is 332. The van der Waals surface area contributed by atoms with Crippen LogP contribution in [0.3, 0.4) is 0 Å². The SMILES string of the molecule is O=C(O)c1cn(CCNC2CC2)nn1. The highest BCUT2D eigenvalue weighted by Crippen LogP contribution is 2.17. The lowest BCUT2D eigenvalue weighted by Gasteiger charge is -2.00. The maximum atomic E-state index is 10.5. The lowest BCUT2D eigenvalue weighted by Crippen LogP contribution is -2.22. The van der Waals surface area contributed by atoms with Gasteiger partial charge in [0.25, 0.3) is 0 Å². The van der Waals surface area contributed by atoms with Gasteiger partial charge in [0.05, 0.1) is 12.7 Å². The third-order valence-corrected chi connectivity index (χ3v) is 2.11. The van der Waals surface area contributed by atoms with E-state index in [1.807, 2.05) is 0 Å². The van der Waals surface area contributed by atoms with Gasteiger partial charge in [-0.15, -0.1) is 5.10 Å². The van der Waals surface area contributed by atoms with Gasteiger partial charge in [0, 0.05) is 12.6 Å². The van der Waals surface area contributed by atoms with E-state index in [1.165, 1.54) is 19.0 Å². The number of aromatic carboxylic acids is 1. The van der Waals surface area contributed by atoms with Crippen molar-refractivity contribution in [1.29, 1.82) is 0 Å². The summed E-state index contributed by atoms with van der Waals surface area (Å²) in [4.78, 5) is 10.5. The summed E-state index contributed by atoms with van der Waals surface area (Å²) in [7, 11) is 0. The first kappa shape index (κ1) is 9.14. The minimum Gasteiger partial charge on any atom is -0.476 e. The molecule has 76 valence electrons. The summed E-state index contributed by atoms with van der Waals surface area (Å²) in [6, 6.07) is 0.664. The van der Waals surface area contributed by atoms with Crippen LogP contribution in [0.25, 0.3) is 0 Å². The first-order chi connectivity index (χ1) is 6.75. The molecular formula is C8H12N4O2. The Labute approximate surface area is 80.9 Å². The van der Waals surface area contributed by atoms with Crippen LogP contribution in [0.1, 0.15) is 23.3 Å². The van der Waals surface area contributed by atoms with E-state index < -0.39 is 5.97 Å². The van der Waals surface area contributed by atoms with Crippen LogP contribution in [-0.4, -0.2) is 38.7 Å². The van der Waals surface area contributed by atoms with Crippen molar-refractivity contribution in [2.24, 2.45) is 0 Å². The molecule has 1 saturated carbocycles. The molecule has 2 N–H and O–H groups in total. The zero-order chi connectivity index (χ0) is 9.97. The molecule has 1 aromatic heterocycles. The first-order valence-electron chi connectivity index (χ1n) is 4.62. The molecule has 0 atom stereocenters. The lowest BCUT2D eigenvalue weighted by atomic mass is 10.5. The van der Waals surface area contributed by atoms with Gasteiger partial charge in [0.2, 0.25) is 0 Å². The first-order valence-corrected chi connectivity index (χ1v) is 4.62. The van der Waals surface area contributed by atoms with E-state index in [9.17, 15) is 4.79 Å². The number of carboxylic acid groups (broad SMARTS) is 1. The van der Waals surface area contributed by atoms with E-state index in [2.05, 4.69) is 15.6 Å². The molecule has 2 rings (SSSR count). The van der Waals surface area contributed by atoms with Gasteiger partial charge in [-0.1, -0.05) is 5.21 Å². The van der Waals surface area contributed by atoms with Crippen molar-refractivity contribution in [1.82, 2.24) is 20.3 Å². The minimum atomic E-state index is -1.04. The largest absolute Gasteiger partial charge is 0.476 e. The normalized spacial score (nSPS) is 15.7. The molecule has 0 saturated heterocycles. The highest BCUT2D eigenvalue weighted by Gasteiger charge is 2.19. The zero-order valence-corrected chi connectivity index (χ0v) is 7.68. The molecule has 0 bridgehead atoms. The Morgan fingerprint density at radius 1 is 1.71 bits per heavy atom. The number of nitrogens with one attached hydrogen (secondary N) is 1. The molecule has 1 aromatic rings. The molecule has 6 nitrogen and oxygen atoms in total. The lowest BCUT2D eigenvalue weighted by molar-refractivity contribution is 0.0690. The van der Waals surface area contributed by atoms with Crippen molar-refractivity contribution in [2.75, 3.05) is 6.54 Å². The molecule has 1 heterocycles. The summed E-state index contributed by atoms with van der Waals surface area (Å²) < 4.78 is 1.54. The van der Waals surface area contributed by atoms with Gasteiger partial charge in [-0.25, -0.2) is 4.79 Å². The quantitative estimate of drug-likeness (QED) is 0.677. The summed E-state index contributed by atoms with van der Waals surface area (Å²) in [5, 5.41) is 19.1. The van der Waals surface area contributed by atoms with Crippen molar-refractivity contribution in [2.45, 2.75) is 25.4 Å². The fourth-order valence-corrected chi connectivity index (χ4v) is 1.18. The van der Waals surface area contributed by atoms with Crippen LogP contribution in [0, 0.1) is 0 Å². The van der Waals surface area contributed by atoms with Gasteiger partial charge in [-0.2, -0.15) is 0 Å². The Morgan fingerprint density at radius 3 is 3.07 bits per heavy atom. The Hall–Kier alpha value is -1.43. The fraction of sp³-hybridized carbons (Fsp3) is 0.625. The van der Waals surface area contributed by atoms with Gasteiger partial charge in [-0.3, -0.25) is 4.68 Å². The van der Waals surface area contributed by atoms with Crippen LogP contribution in [-0.2, 0) is 6.54 Å². The van der Waals surface area contributed by atoms with E-state index in [0.29, 0.717) is 12.6 Å². The minimum absolute atomic E-state index is 0.00331. The Balaban J connectivity index is 1.79. The second-order valence-corrected chi connectivity index (χ2v) is 3.40. The maximum absolute atomic E-state index is 10.5.